The molecule has 0 aliphatic heterocycles. The molecule has 2 heteroatoms. The third-order valence-electron chi connectivity index (χ3n) is 2.37. The number of rotatable bonds is 6. The molecule has 0 spiro atoms. The summed E-state index contributed by atoms with van der Waals surface area (Å²) in [5.74, 6) is 1.15. The van der Waals surface area contributed by atoms with Gasteiger partial charge in [0.25, 0.3) is 0 Å². The fourth-order valence-electron chi connectivity index (χ4n) is 1.43. The maximum Gasteiger partial charge on any atom is 0.137 e. The molecule has 0 saturated carbocycles. The maximum absolute atomic E-state index is 11.5. The van der Waals surface area contributed by atoms with E-state index in [0.29, 0.717) is 18.6 Å². The minimum atomic E-state index is 0.321. The standard InChI is InChI=1S/C13H18O2/c1-3-4-5-12(14)10-11-6-8-13(15-2)9-7-11/h6-9H,3-5,10H2,1-2H3. The summed E-state index contributed by atoms with van der Waals surface area (Å²) in [7, 11) is 1.64. The second kappa shape index (κ2) is 6.23. The van der Waals surface area contributed by atoms with Crippen LogP contribution in [0.4, 0.5) is 0 Å². The number of Topliss-reactive ketones (excluding diaryl/α,β-unsaturated/α-hetero) is 1. The lowest BCUT2D eigenvalue weighted by molar-refractivity contribution is -0.118. The van der Waals surface area contributed by atoms with Crippen molar-refractivity contribution in [3.8, 4) is 5.75 Å². The van der Waals surface area contributed by atoms with E-state index in [1.54, 1.807) is 7.11 Å². The quantitative estimate of drug-likeness (QED) is 0.715. The molecule has 1 aromatic carbocycles. The number of methoxy groups -OCH3 is 1. The van der Waals surface area contributed by atoms with Gasteiger partial charge in [-0.25, -0.2) is 0 Å². The summed E-state index contributed by atoms with van der Waals surface area (Å²) in [6, 6.07) is 7.68. The SMILES string of the molecule is CCCCC(=O)Cc1ccc(OC)cc1. The molecule has 2 nitrogen and oxygen atoms in total. The maximum atomic E-state index is 11.5. The van der Waals surface area contributed by atoms with Crippen LogP contribution in [0.15, 0.2) is 24.3 Å². The molecule has 0 aliphatic rings. The molecule has 82 valence electrons. The number of hydrogen-bond acceptors (Lipinski definition) is 2. The number of ether oxygens (including phenoxy) is 1. The first-order chi connectivity index (χ1) is 7.26. The van der Waals surface area contributed by atoms with Crippen LogP contribution in [-0.2, 0) is 11.2 Å². The lowest BCUT2D eigenvalue weighted by atomic mass is 10.1. The molecule has 0 fully saturated rings. The Morgan fingerprint density at radius 2 is 1.93 bits per heavy atom. The molecule has 0 amide bonds. The number of benzene rings is 1. The smallest absolute Gasteiger partial charge is 0.137 e. The van der Waals surface area contributed by atoms with Crippen LogP contribution in [-0.4, -0.2) is 12.9 Å². The van der Waals surface area contributed by atoms with E-state index in [2.05, 4.69) is 6.92 Å². The first-order valence-electron chi connectivity index (χ1n) is 5.41. The van der Waals surface area contributed by atoms with E-state index in [1.807, 2.05) is 24.3 Å². The van der Waals surface area contributed by atoms with Gasteiger partial charge in [-0.3, -0.25) is 4.79 Å². The Hall–Kier alpha value is -1.31. The summed E-state index contributed by atoms with van der Waals surface area (Å²) < 4.78 is 5.05. The molecule has 0 radical (unpaired) electrons. The van der Waals surface area contributed by atoms with E-state index in [1.165, 1.54) is 0 Å². The average molecular weight is 206 g/mol. The minimum absolute atomic E-state index is 0.321. The van der Waals surface area contributed by atoms with Gasteiger partial charge in [0.05, 0.1) is 7.11 Å². The fourth-order valence-corrected chi connectivity index (χ4v) is 1.43. The normalized spacial score (nSPS) is 10.0. The highest BCUT2D eigenvalue weighted by Gasteiger charge is 2.02. The Morgan fingerprint density at radius 3 is 2.47 bits per heavy atom. The van der Waals surface area contributed by atoms with Crippen molar-refractivity contribution >= 4 is 5.78 Å². The van der Waals surface area contributed by atoms with Crippen molar-refractivity contribution in [1.29, 1.82) is 0 Å². The van der Waals surface area contributed by atoms with E-state index >= 15 is 0 Å². The van der Waals surface area contributed by atoms with Crippen LogP contribution in [0.25, 0.3) is 0 Å². The van der Waals surface area contributed by atoms with Crippen LogP contribution in [0.3, 0.4) is 0 Å². The van der Waals surface area contributed by atoms with E-state index in [0.717, 1.165) is 24.2 Å². The highest BCUT2D eigenvalue weighted by atomic mass is 16.5. The molecule has 0 aromatic heterocycles. The van der Waals surface area contributed by atoms with Crippen LogP contribution in [0.5, 0.6) is 5.75 Å². The van der Waals surface area contributed by atoms with Gasteiger partial charge in [-0.2, -0.15) is 0 Å². The van der Waals surface area contributed by atoms with Crippen LogP contribution in [0.1, 0.15) is 31.7 Å². The number of unbranched alkanes of at least 4 members (excludes halogenated alkanes) is 1. The van der Waals surface area contributed by atoms with E-state index < -0.39 is 0 Å². The van der Waals surface area contributed by atoms with Crippen LogP contribution >= 0.6 is 0 Å². The summed E-state index contributed by atoms with van der Waals surface area (Å²) in [5, 5.41) is 0. The highest BCUT2D eigenvalue weighted by Crippen LogP contribution is 2.12. The third kappa shape index (κ3) is 4.15. The van der Waals surface area contributed by atoms with Crippen molar-refractivity contribution in [2.75, 3.05) is 7.11 Å². The lowest BCUT2D eigenvalue weighted by Gasteiger charge is -2.02. The lowest BCUT2D eigenvalue weighted by Crippen LogP contribution is -2.02. The van der Waals surface area contributed by atoms with Gasteiger partial charge in [-0.15, -0.1) is 0 Å². The van der Waals surface area contributed by atoms with Gasteiger partial charge in [-0.1, -0.05) is 25.5 Å². The van der Waals surface area contributed by atoms with Crippen LogP contribution < -0.4 is 4.74 Å². The summed E-state index contributed by atoms with van der Waals surface area (Å²) in [6.45, 7) is 2.10. The molecular formula is C13H18O2. The third-order valence-corrected chi connectivity index (χ3v) is 2.37. The molecule has 0 saturated heterocycles. The van der Waals surface area contributed by atoms with Gasteiger partial charge in [0.1, 0.15) is 11.5 Å². The molecule has 0 unspecified atom stereocenters. The number of ketones is 1. The summed E-state index contributed by atoms with van der Waals surface area (Å²) in [5.41, 5.74) is 1.07. The Morgan fingerprint density at radius 1 is 1.27 bits per heavy atom. The fraction of sp³-hybridized carbons (Fsp3) is 0.462. The summed E-state index contributed by atoms with van der Waals surface area (Å²) in [6.07, 6.45) is 3.32. The minimum Gasteiger partial charge on any atom is -0.497 e. The van der Waals surface area contributed by atoms with E-state index in [4.69, 9.17) is 4.74 Å². The molecule has 0 bridgehead atoms. The predicted molar refractivity (Wildman–Crippen MR) is 61.2 cm³/mol. The number of carbonyl (C=O) groups excluding carboxylic acids is 1. The zero-order valence-electron chi connectivity index (χ0n) is 9.45. The van der Waals surface area contributed by atoms with Gasteiger partial charge in [0, 0.05) is 12.8 Å². The molecule has 0 heterocycles. The first-order valence-corrected chi connectivity index (χ1v) is 5.41. The van der Waals surface area contributed by atoms with Crippen molar-refractivity contribution in [3.05, 3.63) is 29.8 Å². The van der Waals surface area contributed by atoms with Gasteiger partial charge in [-0.05, 0) is 24.1 Å². The molecule has 0 N–H and O–H groups in total. The zero-order valence-corrected chi connectivity index (χ0v) is 9.45. The van der Waals surface area contributed by atoms with Gasteiger partial charge >= 0.3 is 0 Å². The van der Waals surface area contributed by atoms with Crippen molar-refractivity contribution < 1.29 is 9.53 Å². The topological polar surface area (TPSA) is 26.3 Å². The molecule has 0 aliphatic carbocycles. The van der Waals surface area contributed by atoms with Gasteiger partial charge < -0.3 is 4.74 Å². The van der Waals surface area contributed by atoms with Crippen molar-refractivity contribution in [2.24, 2.45) is 0 Å². The monoisotopic (exact) mass is 206 g/mol. The molecule has 1 rings (SSSR count). The Balaban J connectivity index is 2.46. The highest BCUT2D eigenvalue weighted by molar-refractivity contribution is 5.80. The number of hydrogen-bond donors (Lipinski definition) is 0. The Labute approximate surface area is 91.3 Å². The van der Waals surface area contributed by atoms with E-state index in [-0.39, 0.29) is 0 Å². The largest absolute Gasteiger partial charge is 0.497 e. The van der Waals surface area contributed by atoms with Crippen molar-refractivity contribution in [1.82, 2.24) is 0 Å². The van der Waals surface area contributed by atoms with Crippen LogP contribution in [0.2, 0.25) is 0 Å². The summed E-state index contributed by atoms with van der Waals surface area (Å²) in [4.78, 5) is 11.5. The van der Waals surface area contributed by atoms with Gasteiger partial charge in [0.2, 0.25) is 0 Å². The molecular weight excluding hydrogens is 188 g/mol. The van der Waals surface area contributed by atoms with E-state index in [9.17, 15) is 4.79 Å². The van der Waals surface area contributed by atoms with Crippen LogP contribution in [0, 0.1) is 0 Å². The molecule has 0 atom stereocenters. The second-order valence-electron chi connectivity index (χ2n) is 3.67. The average Bonchev–Trinajstić information content (AvgIpc) is 2.27. The van der Waals surface area contributed by atoms with Crippen molar-refractivity contribution in [3.63, 3.8) is 0 Å². The Kier molecular flexibility index (Phi) is 4.88. The van der Waals surface area contributed by atoms with Crippen molar-refractivity contribution in [2.45, 2.75) is 32.6 Å². The molecule has 1 aromatic rings. The van der Waals surface area contributed by atoms with Gasteiger partial charge in [0.15, 0.2) is 0 Å². The predicted octanol–water partition coefficient (Wildman–Crippen LogP) is 3.00. The summed E-state index contributed by atoms with van der Waals surface area (Å²) >= 11 is 0. The first kappa shape index (κ1) is 11.8. The Bertz CT molecular complexity index is 301. The zero-order chi connectivity index (χ0) is 11.1. The number of carbonyl (C=O) groups is 1. The second-order valence-corrected chi connectivity index (χ2v) is 3.67. The molecule has 15 heavy (non-hydrogen) atoms.